The number of aliphatic hydroxyl groups excluding tert-OH is 1. The molecule has 1 aliphatic heterocycles. The fourth-order valence-corrected chi connectivity index (χ4v) is 1.98. The van der Waals surface area contributed by atoms with Crippen LogP contribution in [0, 0.1) is 5.82 Å². The van der Waals surface area contributed by atoms with E-state index in [9.17, 15) is 9.50 Å². The Bertz CT molecular complexity index is 351. The lowest BCUT2D eigenvalue weighted by Gasteiger charge is -2.36. The summed E-state index contributed by atoms with van der Waals surface area (Å²) in [5.74, 6) is -0.234. The summed E-state index contributed by atoms with van der Waals surface area (Å²) in [6.45, 7) is 1.69. The zero-order chi connectivity index (χ0) is 11.4. The van der Waals surface area contributed by atoms with Gasteiger partial charge in [0.15, 0.2) is 0 Å². The number of hydrogen-bond donors (Lipinski definition) is 2. The Hall–Kier alpha value is -0.970. The van der Waals surface area contributed by atoms with Crippen molar-refractivity contribution in [2.24, 2.45) is 0 Å². The van der Waals surface area contributed by atoms with E-state index in [2.05, 4.69) is 5.32 Å². The Labute approximate surface area is 94.2 Å². The number of nitrogens with one attached hydrogen (secondary N) is 1. The van der Waals surface area contributed by atoms with E-state index in [-0.39, 0.29) is 12.4 Å². The van der Waals surface area contributed by atoms with E-state index < -0.39 is 5.54 Å². The third-order valence-electron chi connectivity index (χ3n) is 2.91. The average Bonchev–Trinajstić information content (AvgIpc) is 2.33. The first kappa shape index (κ1) is 11.5. The molecule has 1 atom stereocenters. The Morgan fingerprint density at radius 3 is 2.88 bits per heavy atom. The van der Waals surface area contributed by atoms with Crippen molar-refractivity contribution < 1.29 is 14.2 Å². The van der Waals surface area contributed by atoms with Gasteiger partial charge in [0.25, 0.3) is 0 Å². The van der Waals surface area contributed by atoms with Crippen molar-refractivity contribution in [3.05, 3.63) is 35.6 Å². The fourth-order valence-electron chi connectivity index (χ4n) is 1.98. The summed E-state index contributed by atoms with van der Waals surface area (Å²) in [6, 6.07) is 6.63. The maximum absolute atomic E-state index is 13.5. The summed E-state index contributed by atoms with van der Waals surface area (Å²) in [6.07, 6.45) is 0.441. The van der Waals surface area contributed by atoms with Gasteiger partial charge in [-0.05, 0) is 18.1 Å². The molecule has 1 fully saturated rings. The lowest BCUT2D eigenvalue weighted by molar-refractivity contribution is -0.00105. The molecule has 2 N–H and O–H groups in total. The topological polar surface area (TPSA) is 41.5 Å². The molecule has 3 nitrogen and oxygen atoms in total. The highest BCUT2D eigenvalue weighted by atomic mass is 19.1. The van der Waals surface area contributed by atoms with E-state index >= 15 is 0 Å². The van der Waals surface area contributed by atoms with Crippen LogP contribution in [-0.2, 0) is 11.2 Å². The van der Waals surface area contributed by atoms with Crippen LogP contribution < -0.4 is 5.32 Å². The molecule has 4 heteroatoms. The molecule has 1 aliphatic rings. The number of halogens is 1. The van der Waals surface area contributed by atoms with Crippen LogP contribution in [0.15, 0.2) is 24.3 Å². The molecule has 1 heterocycles. The summed E-state index contributed by atoms with van der Waals surface area (Å²) < 4.78 is 18.8. The molecule has 1 aromatic rings. The molecular formula is C12H16FNO2. The van der Waals surface area contributed by atoms with Gasteiger partial charge in [-0.25, -0.2) is 4.39 Å². The van der Waals surface area contributed by atoms with Crippen molar-refractivity contribution in [1.29, 1.82) is 0 Å². The zero-order valence-electron chi connectivity index (χ0n) is 9.08. The van der Waals surface area contributed by atoms with Crippen molar-refractivity contribution >= 4 is 0 Å². The third-order valence-corrected chi connectivity index (χ3v) is 2.91. The number of aliphatic hydroxyl groups is 1. The number of hydrogen-bond acceptors (Lipinski definition) is 3. The van der Waals surface area contributed by atoms with Gasteiger partial charge < -0.3 is 15.2 Å². The van der Waals surface area contributed by atoms with Crippen LogP contribution in [-0.4, -0.2) is 37.0 Å². The largest absolute Gasteiger partial charge is 0.394 e. The molecule has 88 valence electrons. The molecule has 0 amide bonds. The lowest BCUT2D eigenvalue weighted by Crippen LogP contribution is -2.58. The molecule has 1 saturated heterocycles. The number of benzene rings is 1. The average molecular weight is 225 g/mol. The minimum atomic E-state index is -0.541. The molecule has 1 unspecified atom stereocenters. The van der Waals surface area contributed by atoms with Gasteiger partial charge in [-0.3, -0.25) is 0 Å². The fraction of sp³-hybridized carbons (Fsp3) is 0.500. The van der Waals surface area contributed by atoms with Crippen molar-refractivity contribution in [1.82, 2.24) is 5.32 Å². The Balaban J connectivity index is 2.15. The monoisotopic (exact) mass is 225 g/mol. The molecule has 1 aromatic carbocycles. The summed E-state index contributed by atoms with van der Waals surface area (Å²) in [5, 5.41) is 12.6. The van der Waals surface area contributed by atoms with E-state index in [1.54, 1.807) is 18.2 Å². The van der Waals surface area contributed by atoms with Crippen LogP contribution in [0.2, 0.25) is 0 Å². The Morgan fingerprint density at radius 2 is 2.25 bits per heavy atom. The highest BCUT2D eigenvalue weighted by Crippen LogP contribution is 2.18. The quantitative estimate of drug-likeness (QED) is 0.796. The van der Waals surface area contributed by atoms with Gasteiger partial charge in [0.2, 0.25) is 0 Å². The van der Waals surface area contributed by atoms with Crippen LogP contribution in [0.4, 0.5) is 4.39 Å². The van der Waals surface area contributed by atoms with Crippen molar-refractivity contribution in [3.8, 4) is 0 Å². The SMILES string of the molecule is OCC1(Cc2ccccc2F)COCCN1. The number of ether oxygens (including phenoxy) is 1. The first-order chi connectivity index (χ1) is 7.76. The number of morpholine rings is 1. The lowest BCUT2D eigenvalue weighted by atomic mass is 9.91. The van der Waals surface area contributed by atoms with E-state index in [1.165, 1.54) is 6.07 Å². The minimum Gasteiger partial charge on any atom is -0.394 e. The van der Waals surface area contributed by atoms with Gasteiger partial charge in [0.05, 0.1) is 25.4 Å². The Morgan fingerprint density at radius 1 is 1.44 bits per heavy atom. The second-order valence-corrected chi connectivity index (χ2v) is 4.19. The van der Waals surface area contributed by atoms with Gasteiger partial charge >= 0.3 is 0 Å². The van der Waals surface area contributed by atoms with Gasteiger partial charge in [0.1, 0.15) is 5.82 Å². The van der Waals surface area contributed by atoms with Crippen molar-refractivity contribution in [3.63, 3.8) is 0 Å². The summed E-state index contributed by atoms with van der Waals surface area (Å²) in [7, 11) is 0. The summed E-state index contributed by atoms with van der Waals surface area (Å²) in [4.78, 5) is 0. The first-order valence-electron chi connectivity index (χ1n) is 5.43. The molecular weight excluding hydrogens is 209 g/mol. The third kappa shape index (κ3) is 2.40. The van der Waals surface area contributed by atoms with Crippen LogP contribution in [0.25, 0.3) is 0 Å². The Kier molecular flexibility index (Phi) is 3.53. The van der Waals surface area contributed by atoms with Gasteiger partial charge in [0, 0.05) is 6.54 Å². The molecule has 0 saturated carbocycles. The van der Waals surface area contributed by atoms with E-state index in [4.69, 9.17) is 4.74 Å². The molecule has 16 heavy (non-hydrogen) atoms. The van der Waals surface area contributed by atoms with Crippen molar-refractivity contribution in [2.45, 2.75) is 12.0 Å². The predicted octanol–water partition coefficient (Wildman–Crippen LogP) is 0.719. The maximum atomic E-state index is 13.5. The summed E-state index contributed by atoms with van der Waals surface area (Å²) >= 11 is 0. The number of rotatable bonds is 3. The van der Waals surface area contributed by atoms with E-state index in [0.717, 1.165) is 0 Å². The van der Waals surface area contributed by atoms with E-state index in [0.29, 0.717) is 31.7 Å². The molecule has 0 spiro atoms. The maximum Gasteiger partial charge on any atom is 0.126 e. The second kappa shape index (κ2) is 4.91. The van der Waals surface area contributed by atoms with Gasteiger partial charge in [-0.15, -0.1) is 0 Å². The van der Waals surface area contributed by atoms with Crippen LogP contribution in [0.1, 0.15) is 5.56 Å². The molecule has 2 rings (SSSR count). The summed E-state index contributed by atoms with van der Waals surface area (Å²) in [5.41, 5.74) is 0.0648. The van der Waals surface area contributed by atoms with E-state index in [1.807, 2.05) is 0 Å². The standard InChI is InChI=1S/C12H16FNO2/c13-11-4-2-1-3-10(11)7-12(8-15)9-16-6-5-14-12/h1-4,14-15H,5-9H2. The highest BCUT2D eigenvalue weighted by molar-refractivity contribution is 5.20. The molecule has 0 aromatic heterocycles. The normalized spacial score (nSPS) is 25.6. The first-order valence-corrected chi connectivity index (χ1v) is 5.43. The molecule has 0 aliphatic carbocycles. The predicted molar refractivity (Wildman–Crippen MR) is 58.7 cm³/mol. The van der Waals surface area contributed by atoms with Gasteiger partial charge in [-0.1, -0.05) is 18.2 Å². The van der Waals surface area contributed by atoms with Gasteiger partial charge in [-0.2, -0.15) is 0 Å². The smallest absolute Gasteiger partial charge is 0.126 e. The van der Waals surface area contributed by atoms with Crippen LogP contribution >= 0.6 is 0 Å². The second-order valence-electron chi connectivity index (χ2n) is 4.19. The molecule has 0 bridgehead atoms. The highest BCUT2D eigenvalue weighted by Gasteiger charge is 2.32. The minimum absolute atomic E-state index is 0.0542. The molecule has 0 radical (unpaired) electrons. The van der Waals surface area contributed by atoms with Crippen LogP contribution in [0.3, 0.4) is 0 Å². The zero-order valence-corrected chi connectivity index (χ0v) is 9.08. The van der Waals surface area contributed by atoms with Crippen LogP contribution in [0.5, 0.6) is 0 Å². The van der Waals surface area contributed by atoms with Crippen molar-refractivity contribution in [2.75, 3.05) is 26.4 Å².